The molecule has 2 heterocycles. The van der Waals surface area contributed by atoms with Crippen molar-refractivity contribution in [3.05, 3.63) is 54.6 Å². The molecule has 156 valence electrons. The fourth-order valence-corrected chi connectivity index (χ4v) is 3.70. The second-order valence-corrected chi connectivity index (χ2v) is 7.42. The smallest absolute Gasteiger partial charge is 0.328 e. The highest BCUT2D eigenvalue weighted by Gasteiger charge is 2.42. The maximum atomic E-state index is 13.2. The number of imide groups is 1. The van der Waals surface area contributed by atoms with Gasteiger partial charge >= 0.3 is 6.03 Å². The SMILES string of the molecule is O=C1CCN(c2ccc(NC(=O)C3(Oc4ccccc4)CCNCC3)cc2)C(=O)N1. The standard InChI is InChI=1S/C22H24N4O4/c27-19-10-15-26(21(29)25-19)17-8-6-16(7-9-17)24-20(28)22(11-13-23-14-12-22)30-18-4-2-1-3-5-18/h1-9,23H,10-15H2,(H,24,28)(H,25,27,29). The summed E-state index contributed by atoms with van der Waals surface area (Å²) in [6.07, 6.45) is 1.39. The van der Waals surface area contributed by atoms with E-state index in [-0.39, 0.29) is 18.2 Å². The molecule has 0 spiro atoms. The van der Waals surface area contributed by atoms with Crippen molar-refractivity contribution in [1.82, 2.24) is 10.6 Å². The van der Waals surface area contributed by atoms with Crippen LogP contribution in [-0.4, -0.2) is 43.1 Å². The van der Waals surface area contributed by atoms with E-state index in [2.05, 4.69) is 16.0 Å². The summed E-state index contributed by atoms with van der Waals surface area (Å²) in [6, 6.07) is 15.9. The first-order valence-electron chi connectivity index (χ1n) is 10.0. The number of amides is 4. The summed E-state index contributed by atoms with van der Waals surface area (Å²) in [5, 5.41) is 8.53. The van der Waals surface area contributed by atoms with Crippen molar-refractivity contribution in [2.75, 3.05) is 29.9 Å². The van der Waals surface area contributed by atoms with Crippen molar-refractivity contribution >= 4 is 29.2 Å². The molecule has 0 aliphatic carbocycles. The predicted molar refractivity (Wildman–Crippen MR) is 112 cm³/mol. The second-order valence-electron chi connectivity index (χ2n) is 7.42. The minimum absolute atomic E-state index is 0.193. The van der Waals surface area contributed by atoms with Gasteiger partial charge in [-0.3, -0.25) is 19.8 Å². The van der Waals surface area contributed by atoms with Crippen molar-refractivity contribution in [2.24, 2.45) is 0 Å². The van der Waals surface area contributed by atoms with Gasteiger partial charge in [0.2, 0.25) is 5.91 Å². The van der Waals surface area contributed by atoms with Crippen LogP contribution in [0.2, 0.25) is 0 Å². The third kappa shape index (κ3) is 4.28. The summed E-state index contributed by atoms with van der Waals surface area (Å²) in [4.78, 5) is 38.0. The summed E-state index contributed by atoms with van der Waals surface area (Å²) in [7, 11) is 0. The van der Waals surface area contributed by atoms with Crippen LogP contribution in [0.4, 0.5) is 16.2 Å². The van der Waals surface area contributed by atoms with Gasteiger partial charge in [-0.15, -0.1) is 0 Å². The van der Waals surface area contributed by atoms with Crippen LogP contribution < -0.4 is 25.6 Å². The van der Waals surface area contributed by atoms with Gasteiger partial charge in [-0.1, -0.05) is 18.2 Å². The summed E-state index contributed by atoms with van der Waals surface area (Å²) in [5.74, 6) is 0.197. The van der Waals surface area contributed by atoms with Crippen LogP contribution in [0.5, 0.6) is 5.75 Å². The molecule has 8 heteroatoms. The molecule has 0 radical (unpaired) electrons. The fourth-order valence-electron chi connectivity index (χ4n) is 3.70. The molecule has 30 heavy (non-hydrogen) atoms. The number of carbonyl (C=O) groups excluding carboxylic acids is 3. The van der Waals surface area contributed by atoms with E-state index < -0.39 is 11.6 Å². The Bertz CT molecular complexity index is 924. The number of ether oxygens (including phenoxy) is 1. The van der Waals surface area contributed by atoms with Gasteiger partial charge in [0.1, 0.15) is 5.75 Å². The Labute approximate surface area is 174 Å². The molecule has 0 saturated carbocycles. The fraction of sp³-hybridized carbons (Fsp3) is 0.318. The van der Waals surface area contributed by atoms with E-state index in [9.17, 15) is 14.4 Å². The molecule has 2 saturated heterocycles. The first kappa shape index (κ1) is 19.9. The minimum Gasteiger partial charge on any atom is -0.477 e. The van der Waals surface area contributed by atoms with E-state index >= 15 is 0 Å². The lowest BCUT2D eigenvalue weighted by atomic mass is 9.90. The second kappa shape index (κ2) is 8.54. The molecule has 3 N–H and O–H groups in total. The maximum Gasteiger partial charge on any atom is 0.328 e. The number of urea groups is 1. The van der Waals surface area contributed by atoms with Gasteiger partial charge in [0.25, 0.3) is 5.91 Å². The third-order valence-corrected chi connectivity index (χ3v) is 5.37. The van der Waals surface area contributed by atoms with Crippen molar-refractivity contribution in [3.63, 3.8) is 0 Å². The number of benzene rings is 2. The lowest BCUT2D eigenvalue weighted by Gasteiger charge is -2.36. The number of piperidine rings is 1. The molecule has 2 aromatic rings. The van der Waals surface area contributed by atoms with Gasteiger partial charge in [0, 0.05) is 37.2 Å². The topological polar surface area (TPSA) is 99.8 Å². The van der Waals surface area contributed by atoms with Crippen LogP contribution >= 0.6 is 0 Å². The first-order chi connectivity index (χ1) is 14.6. The highest BCUT2D eigenvalue weighted by atomic mass is 16.5. The Hall–Kier alpha value is -3.39. The average molecular weight is 408 g/mol. The average Bonchev–Trinajstić information content (AvgIpc) is 2.76. The molecular formula is C22H24N4O4. The monoisotopic (exact) mass is 408 g/mol. The molecule has 2 aromatic carbocycles. The summed E-state index contributed by atoms with van der Waals surface area (Å²) in [6.45, 7) is 1.72. The molecular weight excluding hydrogens is 384 g/mol. The van der Waals surface area contributed by atoms with Crippen molar-refractivity contribution in [3.8, 4) is 5.75 Å². The van der Waals surface area contributed by atoms with E-state index in [0.717, 1.165) is 0 Å². The van der Waals surface area contributed by atoms with Crippen LogP contribution in [0.3, 0.4) is 0 Å². The number of rotatable bonds is 5. The normalized spacial score (nSPS) is 18.5. The van der Waals surface area contributed by atoms with E-state index in [4.69, 9.17) is 4.74 Å². The Kier molecular flexibility index (Phi) is 5.67. The molecule has 8 nitrogen and oxygen atoms in total. The van der Waals surface area contributed by atoms with Crippen molar-refractivity contribution in [2.45, 2.75) is 24.9 Å². The number of nitrogens with zero attached hydrogens (tertiary/aromatic N) is 1. The lowest BCUT2D eigenvalue weighted by molar-refractivity contribution is -0.133. The highest BCUT2D eigenvalue weighted by molar-refractivity contribution is 6.05. The largest absolute Gasteiger partial charge is 0.477 e. The zero-order chi connectivity index (χ0) is 21.0. The van der Waals surface area contributed by atoms with Crippen LogP contribution in [0.25, 0.3) is 0 Å². The van der Waals surface area contributed by atoms with Gasteiger partial charge in [0.15, 0.2) is 5.60 Å². The Morgan fingerprint density at radius 3 is 2.37 bits per heavy atom. The van der Waals surface area contributed by atoms with Crippen molar-refractivity contribution in [1.29, 1.82) is 0 Å². The number of carbonyl (C=O) groups is 3. The molecule has 4 rings (SSSR count). The van der Waals surface area contributed by atoms with Gasteiger partial charge in [-0.05, 0) is 49.5 Å². The van der Waals surface area contributed by atoms with E-state index in [1.54, 1.807) is 24.3 Å². The molecule has 0 bridgehead atoms. The highest BCUT2D eigenvalue weighted by Crippen LogP contribution is 2.29. The number of anilines is 2. The zero-order valence-electron chi connectivity index (χ0n) is 16.5. The molecule has 2 aliphatic heterocycles. The number of nitrogens with one attached hydrogen (secondary N) is 3. The van der Waals surface area contributed by atoms with Crippen molar-refractivity contribution < 1.29 is 19.1 Å². The van der Waals surface area contributed by atoms with Gasteiger partial charge < -0.3 is 15.4 Å². The van der Waals surface area contributed by atoms with E-state index in [1.807, 2.05) is 30.3 Å². The van der Waals surface area contributed by atoms with E-state index in [1.165, 1.54) is 4.90 Å². The molecule has 2 aliphatic rings. The quantitative estimate of drug-likeness (QED) is 0.705. The van der Waals surface area contributed by atoms with Gasteiger partial charge in [-0.2, -0.15) is 0 Å². The van der Waals surface area contributed by atoms with Crippen LogP contribution in [0, 0.1) is 0 Å². The maximum absolute atomic E-state index is 13.2. The number of hydrogen-bond acceptors (Lipinski definition) is 5. The summed E-state index contributed by atoms with van der Waals surface area (Å²) >= 11 is 0. The summed E-state index contributed by atoms with van der Waals surface area (Å²) < 4.78 is 6.17. The molecule has 4 amide bonds. The lowest BCUT2D eigenvalue weighted by Crippen LogP contribution is -2.54. The molecule has 0 aromatic heterocycles. The van der Waals surface area contributed by atoms with Crippen LogP contribution in [0.15, 0.2) is 54.6 Å². The van der Waals surface area contributed by atoms with Crippen LogP contribution in [-0.2, 0) is 9.59 Å². The number of para-hydroxylation sites is 1. The minimum atomic E-state index is -0.946. The van der Waals surface area contributed by atoms with Gasteiger partial charge in [0.05, 0.1) is 0 Å². The first-order valence-corrected chi connectivity index (χ1v) is 10.0. The van der Waals surface area contributed by atoms with E-state index in [0.29, 0.717) is 49.6 Å². The Balaban J connectivity index is 1.47. The summed E-state index contributed by atoms with van der Waals surface area (Å²) in [5.41, 5.74) is 0.334. The Morgan fingerprint density at radius 2 is 1.70 bits per heavy atom. The predicted octanol–water partition coefficient (Wildman–Crippen LogP) is 2.27. The van der Waals surface area contributed by atoms with Crippen LogP contribution in [0.1, 0.15) is 19.3 Å². The van der Waals surface area contributed by atoms with Gasteiger partial charge in [-0.25, -0.2) is 4.79 Å². The molecule has 0 unspecified atom stereocenters. The third-order valence-electron chi connectivity index (χ3n) is 5.37. The molecule has 0 atom stereocenters. The number of hydrogen-bond donors (Lipinski definition) is 3. The Morgan fingerprint density at radius 1 is 1.00 bits per heavy atom. The zero-order valence-corrected chi connectivity index (χ0v) is 16.5. The molecule has 2 fully saturated rings.